The first kappa shape index (κ1) is 13.7. The minimum absolute atomic E-state index is 0.295. The smallest absolute Gasteiger partial charge is 0.259 e. The Bertz CT molecular complexity index is 854. The normalized spacial score (nSPS) is 12.4. The average Bonchev–Trinajstić information content (AvgIpc) is 2.82. The molecule has 0 spiro atoms. The molecule has 1 N–H and O–H groups in total. The van der Waals surface area contributed by atoms with Gasteiger partial charge < -0.3 is 4.74 Å². The van der Waals surface area contributed by atoms with Gasteiger partial charge >= 0.3 is 0 Å². The van der Waals surface area contributed by atoms with Gasteiger partial charge in [-0.25, -0.2) is 0 Å². The number of benzene rings is 2. The van der Waals surface area contributed by atoms with Gasteiger partial charge in [-0.15, -0.1) is 0 Å². The number of amides is 2. The molecule has 0 unspecified atom stereocenters. The van der Waals surface area contributed by atoms with Crippen LogP contribution in [0.4, 0.5) is 5.69 Å². The summed E-state index contributed by atoms with van der Waals surface area (Å²) < 4.78 is 5.30. The van der Waals surface area contributed by atoms with Crippen LogP contribution in [0.15, 0.2) is 41.5 Å². The van der Waals surface area contributed by atoms with Crippen molar-refractivity contribution < 1.29 is 14.3 Å². The van der Waals surface area contributed by atoms with Gasteiger partial charge in [0, 0.05) is 16.2 Å². The van der Waals surface area contributed by atoms with Crippen LogP contribution < -0.4 is 10.1 Å². The van der Waals surface area contributed by atoms with Crippen LogP contribution in [0.1, 0.15) is 20.7 Å². The summed E-state index contributed by atoms with van der Waals surface area (Å²) >= 11 is 0. The number of hydrogen-bond donors (Lipinski definition) is 1. The van der Waals surface area contributed by atoms with E-state index in [9.17, 15) is 9.59 Å². The van der Waals surface area contributed by atoms with Crippen molar-refractivity contribution in [2.24, 2.45) is 5.11 Å². The van der Waals surface area contributed by atoms with E-state index in [0.29, 0.717) is 33.7 Å². The highest BCUT2D eigenvalue weighted by Gasteiger charge is 2.30. The van der Waals surface area contributed by atoms with Crippen LogP contribution in [0.2, 0.25) is 0 Å². The molecule has 1 aliphatic heterocycles. The van der Waals surface area contributed by atoms with Gasteiger partial charge in [-0.2, -0.15) is 0 Å². The van der Waals surface area contributed by atoms with Gasteiger partial charge in [-0.05, 0) is 35.4 Å². The largest absolute Gasteiger partial charge is 0.496 e. The third-order valence-electron chi connectivity index (χ3n) is 3.40. The summed E-state index contributed by atoms with van der Waals surface area (Å²) in [6, 6.07) is 9.86. The number of hydrogen-bond acceptors (Lipinski definition) is 4. The van der Waals surface area contributed by atoms with Crippen molar-refractivity contribution in [3.8, 4) is 16.9 Å². The van der Waals surface area contributed by atoms with E-state index in [1.807, 2.05) is 0 Å². The van der Waals surface area contributed by atoms with Gasteiger partial charge in [-0.1, -0.05) is 17.2 Å². The van der Waals surface area contributed by atoms with Gasteiger partial charge in [-0.3, -0.25) is 14.9 Å². The third kappa shape index (κ3) is 2.06. The zero-order valence-electron chi connectivity index (χ0n) is 11.5. The second-order valence-electron chi connectivity index (χ2n) is 4.59. The first-order valence-electron chi connectivity index (χ1n) is 6.38. The van der Waals surface area contributed by atoms with Crippen molar-refractivity contribution in [1.82, 2.24) is 5.32 Å². The van der Waals surface area contributed by atoms with E-state index in [1.54, 1.807) is 36.4 Å². The summed E-state index contributed by atoms with van der Waals surface area (Å²) in [5.74, 6) is -0.365. The number of ether oxygens (including phenoxy) is 1. The van der Waals surface area contributed by atoms with Gasteiger partial charge in [0.15, 0.2) is 0 Å². The lowest BCUT2D eigenvalue weighted by Gasteiger charge is -2.11. The molecule has 2 amide bonds. The number of fused-ring (bicyclic) bond motifs is 1. The highest BCUT2D eigenvalue weighted by Crippen LogP contribution is 2.37. The SMILES string of the molecule is COc1ccc(N=[N+]=[N-])cc1-c1cccc2c1C(=O)NC2=O. The van der Waals surface area contributed by atoms with Gasteiger partial charge in [0.25, 0.3) is 11.8 Å². The number of nitrogens with zero attached hydrogens (tertiary/aromatic N) is 3. The first-order valence-corrected chi connectivity index (χ1v) is 6.38. The van der Waals surface area contributed by atoms with Crippen molar-refractivity contribution >= 4 is 17.5 Å². The maximum absolute atomic E-state index is 12.0. The molecule has 0 radical (unpaired) electrons. The van der Waals surface area contributed by atoms with E-state index in [1.165, 1.54) is 7.11 Å². The summed E-state index contributed by atoms with van der Waals surface area (Å²) in [6.07, 6.45) is 0. The molecule has 3 rings (SSSR count). The Hall–Kier alpha value is -3.31. The van der Waals surface area contributed by atoms with Crippen molar-refractivity contribution in [3.63, 3.8) is 0 Å². The molecule has 22 heavy (non-hydrogen) atoms. The molecule has 1 heterocycles. The van der Waals surface area contributed by atoms with Gasteiger partial charge in [0.2, 0.25) is 0 Å². The summed E-state index contributed by atoms with van der Waals surface area (Å²) in [7, 11) is 1.50. The van der Waals surface area contributed by atoms with Crippen molar-refractivity contribution in [2.75, 3.05) is 7.11 Å². The van der Waals surface area contributed by atoms with Crippen molar-refractivity contribution in [2.45, 2.75) is 0 Å². The number of imide groups is 1. The fraction of sp³-hybridized carbons (Fsp3) is 0.0667. The maximum atomic E-state index is 12.0. The molecule has 7 nitrogen and oxygen atoms in total. The monoisotopic (exact) mass is 294 g/mol. The van der Waals surface area contributed by atoms with E-state index >= 15 is 0 Å². The van der Waals surface area contributed by atoms with Crippen LogP contribution in [-0.4, -0.2) is 18.9 Å². The molecule has 0 atom stereocenters. The number of nitrogens with one attached hydrogen (secondary N) is 1. The molecule has 0 saturated carbocycles. The highest BCUT2D eigenvalue weighted by atomic mass is 16.5. The number of methoxy groups -OCH3 is 1. The second-order valence-corrected chi connectivity index (χ2v) is 4.59. The van der Waals surface area contributed by atoms with Crippen LogP contribution in [-0.2, 0) is 0 Å². The van der Waals surface area contributed by atoms with E-state index < -0.39 is 11.8 Å². The minimum Gasteiger partial charge on any atom is -0.496 e. The predicted octanol–water partition coefficient (Wildman–Crippen LogP) is 3.19. The van der Waals surface area contributed by atoms with E-state index in [2.05, 4.69) is 15.3 Å². The maximum Gasteiger partial charge on any atom is 0.259 e. The Morgan fingerprint density at radius 2 is 1.86 bits per heavy atom. The molecule has 0 aliphatic carbocycles. The minimum atomic E-state index is -0.452. The van der Waals surface area contributed by atoms with Crippen LogP contribution in [0.5, 0.6) is 5.75 Å². The molecule has 1 aliphatic rings. The molecular weight excluding hydrogens is 284 g/mol. The molecule has 0 aromatic heterocycles. The molecule has 7 heteroatoms. The van der Waals surface area contributed by atoms with E-state index in [-0.39, 0.29) is 0 Å². The summed E-state index contributed by atoms with van der Waals surface area (Å²) in [5, 5.41) is 5.82. The molecule has 2 aromatic carbocycles. The molecular formula is C15H10N4O3. The highest BCUT2D eigenvalue weighted by molar-refractivity contribution is 6.24. The van der Waals surface area contributed by atoms with Crippen LogP contribution in [0.25, 0.3) is 21.6 Å². The Morgan fingerprint density at radius 1 is 1.09 bits per heavy atom. The molecule has 0 saturated heterocycles. The molecule has 0 bridgehead atoms. The first-order chi connectivity index (χ1) is 10.7. The molecule has 0 fully saturated rings. The fourth-order valence-corrected chi connectivity index (χ4v) is 2.46. The van der Waals surface area contributed by atoms with Crippen LogP contribution in [0, 0.1) is 0 Å². The van der Waals surface area contributed by atoms with Crippen LogP contribution >= 0.6 is 0 Å². The summed E-state index contributed by atoms with van der Waals surface area (Å²) in [6.45, 7) is 0. The van der Waals surface area contributed by atoms with E-state index in [0.717, 1.165) is 0 Å². The Balaban J connectivity index is 2.29. The Labute approximate surface area is 125 Å². The Morgan fingerprint density at radius 3 is 2.59 bits per heavy atom. The predicted molar refractivity (Wildman–Crippen MR) is 79.0 cm³/mol. The van der Waals surface area contributed by atoms with Crippen LogP contribution in [0.3, 0.4) is 0 Å². The zero-order valence-corrected chi connectivity index (χ0v) is 11.5. The number of carbonyl (C=O) groups excluding carboxylic acids is 2. The molecule has 108 valence electrons. The van der Waals surface area contributed by atoms with Crippen molar-refractivity contribution in [1.29, 1.82) is 0 Å². The lowest BCUT2D eigenvalue weighted by molar-refractivity contribution is 0.0880. The lowest BCUT2D eigenvalue weighted by Crippen LogP contribution is -2.20. The quantitative estimate of drug-likeness (QED) is 0.406. The fourth-order valence-electron chi connectivity index (χ4n) is 2.46. The zero-order chi connectivity index (χ0) is 15.7. The third-order valence-corrected chi connectivity index (χ3v) is 3.40. The van der Waals surface area contributed by atoms with Gasteiger partial charge in [0.1, 0.15) is 5.75 Å². The number of carbonyl (C=O) groups is 2. The van der Waals surface area contributed by atoms with Gasteiger partial charge in [0.05, 0.1) is 18.2 Å². The standard InChI is InChI=1S/C15H10N4O3/c1-22-12-6-5-8(18-19-16)7-11(12)9-3-2-4-10-13(9)15(21)17-14(10)20/h2-7H,1H3,(H,17,20,21). The average molecular weight is 294 g/mol. The number of azide groups is 1. The van der Waals surface area contributed by atoms with E-state index in [4.69, 9.17) is 10.3 Å². The Kier molecular flexibility index (Phi) is 3.25. The number of rotatable bonds is 3. The second kappa shape index (κ2) is 5.23. The lowest BCUT2D eigenvalue weighted by atomic mass is 9.95. The summed E-state index contributed by atoms with van der Waals surface area (Å²) in [5.41, 5.74) is 10.7. The molecule has 2 aromatic rings. The summed E-state index contributed by atoms with van der Waals surface area (Å²) in [4.78, 5) is 26.5. The topological polar surface area (TPSA) is 104 Å². The van der Waals surface area contributed by atoms with Crippen molar-refractivity contribution in [3.05, 3.63) is 58.0 Å².